The summed E-state index contributed by atoms with van der Waals surface area (Å²) in [6.45, 7) is 3.51. The molecule has 1 fully saturated rings. The van der Waals surface area contributed by atoms with Gasteiger partial charge in [-0.25, -0.2) is 15.0 Å². The lowest BCUT2D eigenvalue weighted by molar-refractivity contribution is 0.0628. The molecule has 6 heteroatoms. The van der Waals surface area contributed by atoms with Crippen LogP contribution >= 0.6 is 11.3 Å². The van der Waals surface area contributed by atoms with E-state index in [2.05, 4.69) is 9.97 Å². The summed E-state index contributed by atoms with van der Waals surface area (Å²) >= 11 is 1.47. The zero-order chi connectivity index (χ0) is 15.2. The van der Waals surface area contributed by atoms with Crippen molar-refractivity contribution in [2.75, 3.05) is 13.1 Å². The zero-order valence-electron chi connectivity index (χ0n) is 12.6. The van der Waals surface area contributed by atoms with Crippen LogP contribution in [0.25, 0.3) is 0 Å². The first-order chi connectivity index (χ1) is 10.7. The van der Waals surface area contributed by atoms with Crippen LogP contribution in [0.3, 0.4) is 0 Å². The van der Waals surface area contributed by atoms with E-state index in [1.807, 2.05) is 23.4 Å². The number of likely N-dealkylation sites (tertiary alicyclic amines) is 1. The predicted molar refractivity (Wildman–Crippen MR) is 84.0 cm³/mol. The fraction of sp³-hybridized carbons (Fsp3) is 0.500. The van der Waals surface area contributed by atoms with Gasteiger partial charge in [0.25, 0.3) is 5.91 Å². The van der Waals surface area contributed by atoms with Crippen molar-refractivity contribution in [1.29, 1.82) is 0 Å². The van der Waals surface area contributed by atoms with E-state index in [-0.39, 0.29) is 11.3 Å². The summed E-state index contributed by atoms with van der Waals surface area (Å²) in [5, 5.41) is 1.83. The van der Waals surface area contributed by atoms with Crippen molar-refractivity contribution in [3.8, 4) is 0 Å². The molecule has 0 N–H and O–H groups in total. The number of thiazole rings is 1. The molecule has 1 aliphatic carbocycles. The van der Waals surface area contributed by atoms with E-state index in [4.69, 9.17) is 4.98 Å². The lowest BCUT2D eigenvalue weighted by atomic mass is 9.77. The fourth-order valence-corrected chi connectivity index (χ4v) is 4.34. The lowest BCUT2D eigenvalue weighted by Gasteiger charge is -2.40. The van der Waals surface area contributed by atoms with E-state index in [0.717, 1.165) is 44.6 Å². The van der Waals surface area contributed by atoms with Crippen LogP contribution in [-0.4, -0.2) is 38.8 Å². The topological polar surface area (TPSA) is 59.0 Å². The number of hydrogen-bond acceptors (Lipinski definition) is 5. The first-order valence-electron chi connectivity index (χ1n) is 7.68. The molecule has 22 heavy (non-hydrogen) atoms. The second kappa shape index (κ2) is 5.12. The van der Waals surface area contributed by atoms with Gasteiger partial charge >= 0.3 is 0 Å². The fourth-order valence-electron chi connectivity index (χ4n) is 3.81. The molecule has 0 radical (unpaired) electrons. The Labute approximate surface area is 133 Å². The summed E-state index contributed by atoms with van der Waals surface area (Å²) in [7, 11) is 0. The maximum Gasteiger partial charge on any atom is 0.273 e. The number of aromatic nitrogens is 3. The monoisotopic (exact) mass is 314 g/mol. The molecule has 0 aromatic carbocycles. The van der Waals surface area contributed by atoms with Crippen LogP contribution in [0.5, 0.6) is 0 Å². The molecule has 2 aromatic rings. The molecule has 1 atom stereocenters. The van der Waals surface area contributed by atoms with Gasteiger partial charge in [0.05, 0.1) is 11.2 Å². The highest BCUT2D eigenvalue weighted by Gasteiger charge is 2.44. The van der Waals surface area contributed by atoms with Gasteiger partial charge < -0.3 is 4.90 Å². The van der Waals surface area contributed by atoms with Gasteiger partial charge in [-0.1, -0.05) is 0 Å². The molecule has 1 spiro atoms. The van der Waals surface area contributed by atoms with Gasteiger partial charge in [-0.2, -0.15) is 0 Å². The molecular weight excluding hydrogens is 296 g/mol. The average Bonchev–Trinajstić information content (AvgIpc) is 3.17. The highest BCUT2D eigenvalue weighted by molar-refractivity contribution is 7.07. The molecule has 1 aliphatic heterocycles. The van der Waals surface area contributed by atoms with Crippen molar-refractivity contribution < 1.29 is 4.79 Å². The van der Waals surface area contributed by atoms with E-state index in [9.17, 15) is 4.79 Å². The summed E-state index contributed by atoms with van der Waals surface area (Å²) < 4.78 is 0. The summed E-state index contributed by atoms with van der Waals surface area (Å²) in [6, 6.07) is 0. The van der Waals surface area contributed by atoms with Crippen molar-refractivity contribution in [3.63, 3.8) is 0 Å². The number of piperidine rings is 1. The predicted octanol–water partition coefficient (Wildman–Crippen LogP) is 2.36. The summed E-state index contributed by atoms with van der Waals surface area (Å²) in [6.07, 6.45) is 6.19. The number of aryl methyl sites for hydroxylation is 2. The minimum absolute atomic E-state index is 0.0208. The van der Waals surface area contributed by atoms with Crippen molar-refractivity contribution >= 4 is 17.2 Å². The van der Waals surface area contributed by atoms with Crippen LogP contribution in [0.15, 0.2) is 17.1 Å². The van der Waals surface area contributed by atoms with Crippen LogP contribution in [0.4, 0.5) is 0 Å². The number of fused-ring (bicyclic) bond motifs is 2. The summed E-state index contributed by atoms with van der Waals surface area (Å²) in [4.78, 5) is 27.8. The van der Waals surface area contributed by atoms with Crippen LogP contribution in [0, 0.1) is 6.92 Å². The molecule has 0 saturated carbocycles. The van der Waals surface area contributed by atoms with E-state index < -0.39 is 0 Å². The minimum Gasteiger partial charge on any atom is -0.336 e. The third-order valence-corrected chi connectivity index (χ3v) is 5.46. The third kappa shape index (κ3) is 2.13. The first kappa shape index (κ1) is 13.8. The van der Waals surface area contributed by atoms with Crippen molar-refractivity contribution in [2.24, 2.45) is 0 Å². The van der Waals surface area contributed by atoms with Crippen LogP contribution in [0.2, 0.25) is 0 Å². The Bertz CT molecular complexity index is 711. The highest BCUT2D eigenvalue weighted by Crippen LogP contribution is 2.43. The quantitative estimate of drug-likeness (QED) is 0.811. The van der Waals surface area contributed by atoms with Crippen molar-refractivity contribution in [2.45, 2.75) is 38.0 Å². The third-order valence-electron chi connectivity index (χ3n) is 4.88. The van der Waals surface area contributed by atoms with E-state index in [1.54, 1.807) is 5.51 Å². The Kier molecular flexibility index (Phi) is 3.22. The van der Waals surface area contributed by atoms with Crippen LogP contribution < -0.4 is 0 Å². The molecule has 1 saturated heterocycles. The SMILES string of the molecule is Cc1ncc2c(n1)C1(CCCN(C(=O)c3cscn3)C1)CC2. The van der Waals surface area contributed by atoms with Gasteiger partial charge in [-0.3, -0.25) is 4.79 Å². The number of rotatable bonds is 1. The second-order valence-electron chi connectivity index (χ2n) is 6.28. The number of hydrogen-bond donors (Lipinski definition) is 0. The van der Waals surface area contributed by atoms with Crippen molar-refractivity contribution in [3.05, 3.63) is 39.9 Å². The number of carbonyl (C=O) groups excluding carboxylic acids is 1. The van der Waals surface area contributed by atoms with Gasteiger partial charge in [0.2, 0.25) is 0 Å². The number of nitrogens with zero attached hydrogens (tertiary/aromatic N) is 4. The first-order valence-corrected chi connectivity index (χ1v) is 8.63. The van der Waals surface area contributed by atoms with Crippen molar-refractivity contribution in [1.82, 2.24) is 19.9 Å². The standard InChI is InChI=1S/C16H18N4OS/c1-11-17-7-12-3-5-16(14(12)19-11)4-2-6-20(9-16)15(21)13-8-22-10-18-13/h7-8,10H,2-6,9H2,1H3. The minimum atomic E-state index is 0.0208. The second-order valence-corrected chi connectivity index (χ2v) is 6.99. The lowest BCUT2D eigenvalue weighted by Crippen LogP contribution is -2.48. The highest BCUT2D eigenvalue weighted by atomic mass is 32.1. The van der Waals surface area contributed by atoms with Crippen LogP contribution in [-0.2, 0) is 11.8 Å². The van der Waals surface area contributed by atoms with Gasteiger partial charge in [0.1, 0.15) is 11.5 Å². The maximum atomic E-state index is 12.6. The Hall–Kier alpha value is -1.82. The molecule has 3 heterocycles. The van der Waals surface area contributed by atoms with Gasteiger partial charge in [-0.05, 0) is 38.2 Å². The maximum absolute atomic E-state index is 12.6. The Balaban J connectivity index is 1.65. The Morgan fingerprint density at radius 2 is 2.27 bits per heavy atom. The molecule has 5 nitrogen and oxygen atoms in total. The van der Waals surface area contributed by atoms with E-state index in [0.29, 0.717) is 5.69 Å². The Morgan fingerprint density at radius 1 is 1.36 bits per heavy atom. The Morgan fingerprint density at radius 3 is 3.09 bits per heavy atom. The number of carbonyl (C=O) groups is 1. The normalized spacial score (nSPS) is 23.8. The molecule has 2 aliphatic rings. The summed E-state index contributed by atoms with van der Waals surface area (Å²) in [5.74, 6) is 0.877. The average molecular weight is 314 g/mol. The van der Waals surface area contributed by atoms with E-state index in [1.165, 1.54) is 22.6 Å². The molecule has 2 aromatic heterocycles. The van der Waals surface area contributed by atoms with Gasteiger partial charge in [0.15, 0.2) is 0 Å². The molecule has 4 rings (SSSR count). The largest absolute Gasteiger partial charge is 0.336 e. The summed E-state index contributed by atoms with van der Waals surface area (Å²) in [5.41, 5.74) is 4.74. The number of amides is 1. The molecular formula is C16H18N4OS. The molecule has 1 amide bonds. The molecule has 0 bridgehead atoms. The molecule has 1 unspecified atom stereocenters. The smallest absolute Gasteiger partial charge is 0.273 e. The zero-order valence-corrected chi connectivity index (χ0v) is 13.4. The molecule has 114 valence electrons. The van der Waals surface area contributed by atoms with E-state index >= 15 is 0 Å². The van der Waals surface area contributed by atoms with Gasteiger partial charge in [-0.15, -0.1) is 11.3 Å². The van der Waals surface area contributed by atoms with Gasteiger partial charge in [0, 0.05) is 30.1 Å². The van der Waals surface area contributed by atoms with Crippen LogP contribution in [0.1, 0.15) is 46.8 Å².